The Morgan fingerprint density at radius 1 is 0.905 bits per heavy atom. The minimum atomic E-state index is -0.307. The van der Waals surface area contributed by atoms with Crippen molar-refractivity contribution in [3.63, 3.8) is 0 Å². The monoisotopic (exact) mass is 395 g/mol. The summed E-state index contributed by atoms with van der Waals surface area (Å²) in [5.74, 6) is 0. The summed E-state index contributed by atoms with van der Waals surface area (Å²) in [6.07, 6.45) is -0.307. The van der Waals surface area contributed by atoms with Gasteiger partial charge in [-0.1, -0.05) is 83.3 Å². The maximum Gasteiger partial charge on any atom is 0.0782 e. The van der Waals surface area contributed by atoms with E-state index < -0.39 is 0 Å². The maximum absolute atomic E-state index is 10.2. The quantitative estimate of drug-likeness (QED) is 0.568. The van der Waals surface area contributed by atoms with E-state index in [9.17, 15) is 5.11 Å². The molecule has 2 aromatic carbocycles. The standard InChI is InChI=1S/C18H22INO/c1-15(18(21)12-19)20(13-16-8-4-2-5-9-16)14-17-10-6-3-7-11-17/h2-11,15,18,21H,12-14H2,1H3/t15-,18+/m0/s1. The van der Waals surface area contributed by atoms with Crippen LogP contribution in [-0.4, -0.2) is 26.6 Å². The topological polar surface area (TPSA) is 23.5 Å². The molecule has 0 aliphatic carbocycles. The molecule has 0 saturated heterocycles. The van der Waals surface area contributed by atoms with E-state index in [1.54, 1.807) is 0 Å². The summed E-state index contributed by atoms with van der Waals surface area (Å²) in [4.78, 5) is 2.34. The fraction of sp³-hybridized carbons (Fsp3) is 0.333. The van der Waals surface area contributed by atoms with Gasteiger partial charge in [0.1, 0.15) is 0 Å². The lowest BCUT2D eigenvalue weighted by Gasteiger charge is -2.32. The number of nitrogens with zero attached hydrogens (tertiary/aromatic N) is 1. The largest absolute Gasteiger partial charge is 0.391 e. The summed E-state index contributed by atoms with van der Waals surface area (Å²) in [6, 6.07) is 21.0. The fourth-order valence-corrected chi connectivity index (χ4v) is 3.09. The van der Waals surface area contributed by atoms with Crippen LogP contribution in [0.3, 0.4) is 0 Å². The number of aliphatic hydroxyl groups excluding tert-OH is 1. The van der Waals surface area contributed by atoms with Crippen molar-refractivity contribution in [2.75, 3.05) is 4.43 Å². The highest BCUT2D eigenvalue weighted by atomic mass is 127. The molecule has 0 aromatic heterocycles. The molecule has 0 fully saturated rings. The molecule has 2 atom stereocenters. The number of halogens is 1. The molecule has 0 bridgehead atoms. The van der Waals surface area contributed by atoms with Crippen molar-refractivity contribution in [3.05, 3.63) is 71.8 Å². The van der Waals surface area contributed by atoms with E-state index in [2.05, 4.69) is 82.9 Å². The van der Waals surface area contributed by atoms with Gasteiger partial charge in [0.25, 0.3) is 0 Å². The third kappa shape index (κ3) is 5.09. The third-order valence-corrected chi connectivity index (χ3v) is 4.65. The molecule has 2 aromatic rings. The molecule has 0 radical (unpaired) electrons. The first-order valence-corrected chi connectivity index (χ1v) is 8.79. The van der Waals surface area contributed by atoms with Crippen molar-refractivity contribution in [1.82, 2.24) is 4.90 Å². The molecule has 1 N–H and O–H groups in total. The lowest BCUT2D eigenvalue weighted by Crippen LogP contribution is -2.41. The Hall–Kier alpha value is -0.910. The molecular weight excluding hydrogens is 373 g/mol. The first-order chi connectivity index (χ1) is 10.2. The van der Waals surface area contributed by atoms with Crippen LogP contribution in [0.1, 0.15) is 18.1 Å². The summed E-state index contributed by atoms with van der Waals surface area (Å²) >= 11 is 2.25. The molecule has 0 unspecified atom stereocenters. The minimum absolute atomic E-state index is 0.127. The van der Waals surface area contributed by atoms with Crippen molar-refractivity contribution in [1.29, 1.82) is 0 Å². The van der Waals surface area contributed by atoms with Gasteiger partial charge in [-0.15, -0.1) is 0 Å². The highest BCUT2D eigenvalue weighted by Crippen LogP contribution is 2.16. The Balaban J connectivity index is 2.13. The zero-order chi connectivity index (χ0) is 15.1. The summed E-state index contributed by atoms with van der Waals surface area (Å²) in [7, 11) is 0. The van der Waals surface area contributed by atoms with Gasteiger partial charge >= 0.3 is 0 Å². The molecule has 3 heteroatoms. The SMILES string of the molecule is C[C@@H]([C@H](O)CI)N(Cc1ccccc1)Cc1ccccc1. The molecule has 0 spiro atoms. The van der Waals surface area contributed by atoms with Gasteiger partial charge in [0.2, 0.25) is 0 Å². The van der Waals surface area contributed by atoms with Gasteiger partial charge < -0.3 is 5.11 Å². The lowest BCUT2D eigenvalue weighted by atomic mass is 10.1. The van der Waals surface area contributed by atoms with Crippen molar-refractivity contribution in [3.8, 4) is 0 Å². The molecule has 0 aliphatic rings. The number of hydrogen-bond acceptors (Lipinski definition) is 2. The number of hydrogen-bond donors (Lipinski definition) is 1. The van der Waals surface area contributed by atoms with Gasteiger partial charge in [-0.25, -0.2) is 0 Å². The second-order valence-electron chi connectivity index (χ2n) is 5.34. The highest BCUT2D eigenvalue weighted by molar-refractivity contribution is 14.1. The number of rotatable bonds is 7. The zero-order valence-corrected chi connectivity index (χ0v) is 14.5. The number of aliphatic hydroxyl groups is 1. The molecule has 0 heterocycles. The van der Waals surface area contributed by atoms with Crippen LogP contribution in [0, 0.1) is 0 Å². The van der Waals surface area contributed by atoms with Crippen molar-refractivity contribution in [2.24, 2.45) is 0 Å². The Bertz CT molecular complexity index is 476. The fourth-order valence-electron chi connectivity index (χ4n) is 2.35. The van der Waals surface area contributed by atoms with Crippen LogP contribution in [0.5, 0.6) is 0 Å². The number of alkyl halides is 1. The van der Waals surface area contributed by atoms with Crippen LogP contribution in [0.25, 0.3) is 0 Å². The van der Waals surface area contributed by atoms with Gasteiger partial charge in [-0.3, -0.25) is 4.90 Å². The van der Waals surface area contributed by atoms with Crippen LogP contribution < -0.4 is 0 Å². The van der Waals surface area contributed by atoms with E-state index in [1.807, 2.05) is 12.1 Å². The van der Waals surface area contributed by atoms with Crippen LogP contribution in [0.2, 0.25) is 0 Å². The maximum atomic E-state index is 10.2. The van der Waals surface area contributed by atoms with Crippen molar-refractivity contribution >= 4 is 22.6 Å². The van der Waals surface area contributed by atoms with E-state index in [0.29, 0.717) is 0 Å². The summed E-state index contributed by atoms with van der Waals surface area (Å²) in [5.41, 5.74) is 2.56. The average Bonchev–Trinajstić information content (AvgIpc) is 2.54. The van der Waals surface area contributed by atoms with Gasteiger partial charge in [-0.05, 0) is 18.1 Å². The van der Waals surface area contributed by atoms with Gasteiger partial charge in [0.05, 0.1) is 6.10 Å². The van der Waals surface area contributed by atoms with Gasteiger partial charge in [0, 0.05) is 23.6 Å². The number of benzene rings is 2. The molecule has 0 aliphatic heterocycles. The summed E-state index contributed by atoms with van der Waals surface area (Å²) in [6.45, 7) is 3.81. The van der Waals surface area contributed by atoms with Crippen LogP contribution in [0.4, 0.5) is 0 Å². The Morgan fingerprint density at radius 2 is 1.33 bits per heavy atom. The third-order valence-electron chi connectivity index (χ3n) is 3.75. The first-order valence-electron chi connectivity index (χ1n) is 7.26. The molecule has 2 nitrogen and oxygen atoms in total. The van der Waals surface area contributed by atoms with E-state index in [0.717, 1.165) is 17.5 Å². The Morgan fingerprint density at radius 3 is 1.71 bits per heavy atom. The van der Waals surface area contributed by atoms with E-state index in [-0.39, 0.29) is 12.1 Å². The molecule has 0 amide bonds. The normalized spacial score (nSPS) is 14.1. The van der Waals surface area contributed by atoms with E-state index in [4.69, 9.17) is 0 Å². The van der Waals surface area contributed by atoms with Crippen molar-refractivity contribution in [2.45, 2.75) is 32.2 Å². The smallest absolute Gasteiger partial charge is 0.0782 e. The van der Waals surface area contributed by atoms with Crippen LogP contribution >= 0.6 is 22.6 Å². The second kappa shape index (κ2) is 8.51. The van der Waals surface area contributed by atoms with Gasteiger partial charge in [-0.2, -0.15) is 0 Å². The summed E-state index contributed by atoms with van der Waals surface area (Å²) < 4.78 is 0.749. The molecule has 21 heavy (non-hydrogen) atoms. The summed E-state index contributed by atoms with van der Waals surface area (Å²) in [5, 5.41) is 10.2. The molecule has 0 saturated carbocycles. The van der Waals surface area contributed by atoms with E-state index in [1.165, 1.54) is 11.1 Å². The zero-order valence-electron chi connectivity index (χ0n) is 12.3. The second-order valence-corrected chi connectivity index (χ2v) is 6.22. The Labute approximate surface area is 140 Å². The van der Waals surface area contributed by atoms with Crippen LogP contribution in [-0.2, 0) is 13.1 Å². The predicted octanol–water partition coefficient (Wildman–Crippen LogP) is 3.87. The van der Waals surface area contributed by atoms with Crippen LogP contribution in [0.15, 0.2) is 60.7 Å². The van der Waals surface area contributed by atoms with E-state index >= 15 is 0 Å². The predicted molar refractivity (Wildman–Crippen MR) is 96.5 cm³/mol. The minimum Gasteiger partial charge on any atom is -0.391 e. The van der Waals surface area contributed by atoms with Crippen molar-refractivity contribution < 1.29 is 5.11 Å². The lowest BCUT2D eigenvalue weighted by molar-refractivity contribution is 0.0656. The molecule has 2 rings (SSSR count). The average molecular weight is 395 g/mol. The molecule has 112 valence electrons. The van der Waals surface area contributed by atoms with Gasteiger partial charge in [0.15, 0.2) is 0 Å². The first kappa shape index (κ1) is 16.5. The Kier molecular flexibility index (Phi) is 6.67. The highest BCUT2D eigenvalue weighted by Gasteiger charge is 2.21. The molecular formula is C18H22INO.